The molecular weight excluding hydrogens is 282 g/mol. The Labute approximate surface area is 121 Å². The zero-order chi connectivity index (χ0) is 15.3. The third-order valence-electron chi connectivity index (χ3n) is 3.48. The molecule has 1 heterocycles. The fourth-order valence-electron chi connectivity index (χ4n) is 2.29. The van der Waals surface area contributed by atoms with E-state index in [2.05, 4.69) is 0 Å². The molecule has 20 heavy (non-hydrogen) atoms. The van der Waals surface area contributed by atoms with Gasteiger partial charge in [0.15, 0.2) is 0 Å². The van der Waals surface area contributed by atoms with E-state index in [1.54, 1.807) is 4.90 Å². The zero-order valence-corrected chi connectivity index (χ0v) is 13.5. The molecular formula is C13H25NO5S. The Balaban J connectivity index is 2.36. The Morgan fingerprint density at radius 1 is 1.25 bits per heavy atom. The van der Waals surface area contributed by atoms with Crippen LogP contribution in [-0.2, 0) is 19.0 Å². The number of carbonyl (C=O) groups is 1. The summed E-state index contributed by atoms with van der Waals surface area (Å²) in [5, 5.41) is 0. The van der Waals surface area contributed by atoms with Crippen molar-refractivity contribution in [1.29, 1.82) is 0 Å². The molecule has 1 amide bonds. The SMILES string of the molecule is CC(C)OC(=O)N1CCC(C(C)COS(C)(=O)=O)CC1. The summed E-state index contributed by atoms with van der Waals surface area (Å²) in [6.07, 6.45) is 2.38. The summed E-state index contributed by atoms with van der Waals surface area (Å²) in [6, 6.07) is 0. The molecule has 0 aromatic carbocycles. The molecule has 0 bridgehead atoms. The molecule has 1 fully saturated rings. The molecule has 0 aromatic rings. The number of hydrogen-bond donors (Lipinski definition) is 0. The van der Waals surface area contributed by atoms with Crippen LogP contribution in [0.4, 0.5) is 4.79 Å². The molecule has 1 aliphatic rings. The lowest BCUT2D eigenvalue weighted by molar-refractivity contribution is 0.0581. The number of piperidine rings is 1. The minimum atomic E-state index is -3.38. The molecule has 7 heteroatoms. The van der Waals surface area contributed by atoms with E-state index in [1.807, 2.05) is 20.8 Å². The number of rotatable bonds is 5. The molecule has 0 aromatic heterocycles. The Morgan fingerprint density at radius 3 is 2.25 bits per heavy atom. The van der Waals surface area contributed by atoms with Gasteiger partial charge in [-0.3, -0.25) is 4.18 Å². The van der Waals surface area contributed by atoms with Crippen LogP contribution in [0.25, 0.3) is 0 Å². The van der Waals surface area contributed by atoms with E-state index < -0.39 is 10.1 Å². The van der Waals surface area contributed by atoms with Gasteiger partial charge in [-0.1, -0.05) is 6.92 Å². The number of likely N-dealkylation sites (tertiary alicyclic amines) is 1. The molecule has 0 spiro atoms. The molecule has 0 aliphatic carbocycles. The van der Waals surface area contributed by atoms with Gasteiger partial charge in [0.1, 0.15) is 0 Å². The average Bonchev–Trinajstić information content (AvgIpc) is 2.34. The molecule has 1 atom stereocenters. The van der Waals surface area contributed by atoms with Crippen molar-refractivity contribution < 1.29 is 22.1 Å². The first-order chi connectivity index (χ1) is 9.19. The second-order valence-corrected chi connectivity index (χ2v) is 7.37. The minimum Gasteiger partial charge on any atom is -0.447 e. The summed E-state index contributed by atoms with van der Waals surface area (Å²) in [6.45, 7) is 7.15. The average molecular weight is 307 g/mol. The quantitative estimate of drug-likeness (QED) is 0.725. The largest absolute Gasteiger partial charge is 0.447 e. The summed E-state index contributed by atoms with van der Waals surface area (Å²) >= 11 is 0. The van der Waals surface area contributed by atoms with Gasteiger partial charge in [-0.15, -0.1) is 0 Å². The van der Waals surface area contributed by atoms with Gasteiger partial charge in [-0.2, -0.15) is 8.42 Å². The normalized spacial score (nSPS) is 19.1. The Hall–Kier alpha value is -0.820. The lowest BCUT2D eigenvalue weighted by Crippen LogP contribution is -2.41. The third kappa shape index (κ3) is 6.09. The summed E-state index contributed by atoms with van der Waals surface area (Å²) in [4.78, 5) is 13.5. The van der Waals surface area contributed by atoms with Crippen molar-refractivity contribution in [3.8, 4) is 0 Å². The van der Waals surface area contributed by atoms with Gasteiger partial charge in [0.05, 0.1) is 19.0 Å². The van der Waals surface area contributed by atoms with Gasteiger partial charge in [-0.25, -0.2) is 4.79 Å². The van der Waals surface area contributed by atoms with Gasteiger partial charge in [0, 0.05) is 13.1 Å². The standard InChI is InChI=1S/C13H25NO5S/c1-10(2)19-13(15)14-7-5-12(6-8-14)11(3)9-18-20(4,16)17/h10-12H,5-9H2,1-4H3. The molecule has 0 radical (unpaired) electrons. The molecule has 1 rings (SSSR count). The first kappa shape index (κ1) is 17.2. The van der Waals surface area contributed by atoms with E-state index in [4.69, 9.17) is 8.92 Å². The highest BCUT2D eigenvalue weighted by atomic mass is 32.2. The van der Waals surface area contributed by atoms with Gasteiger partial charge in [0.25, 0.3) is 10.1 Å². The highest BCUT2D eigenvalue weighted by Crippen LogP contribution is 2.25. The summed E-state index contributed by atoms with van der Waals surface area (Å²) in [5.41, 5.74) is 0. The van der Waals surface area contributed by atoms with Crippen LogP contribution in [0.1, 0.15) is 33.6 Å². The molecule has 118 valence electrons. The minimum absolute atomic E-state index is 0.109. The highest BCUT2D eigenvalue weighted by molar-refractivity contribution is 7.85. The van der Waals surface area contributed by atoms with Crippen molar-refractivity contribution in [2.45, 2.75) is 39.7 Å². The monoisotopic (exact) mass is 307 g/mol. The number of amides is 1. The molecule has 1 saturated heterocycles. The third-order valence-corrected chi connectivity index (χ3v) is 4.05. The maximum atomic E-state index is 11.7. The highest BCUT2D eigenvalue weighted by Gasteiger charge is 2.28. The fourth-order valence-corrected chi connectivity index (χ4v) is 2.76. The Morgan fingerprint density at radius 2 is 1.80 bits per heavy atom. The number of ether oxygens (including phenoxy) is 1. The van der Waals surface area contributed by atoms with Crippen molar-refractivity contribution in [3.63, 3.8) is 0 Å². The van der Waals surface area contributed by atoms with Crippen molar-refractivity contribution >= 4 is 16.2 Å². The van der Waals surface area contributed by atoms with Crippen LogP contribution in [0, 0.1) is 11.8 Å². The van der Waals surface area contributed by atoms with E-state index in [9.17, 15) is 13.2 Å². The smallest absolute Gasteiger partial charge is 0.410 e. The van der Waals surface area contributed by atoms with Crippen molar-refractivity contribution in [3.05, 3.63) is 0 Å². The summed E-state index contributed by atoms with van der Waals surface area (Å²) in [7, 11) is -3.38. The van der Waals surface area contributed by atoms with E-state index in [0.29, 0.717) is 19.0 Å². The lowest BCUT2D eigenvalue weighted by atomic mass is 9.86. The van der Waals surface area contributed by atoms with Gasteiger partial charge < -0.3 is 9.64 Å². The van der Waals surface area contributed by atoms with Crippen LogP contribution in [0.3, 0.4) is 0 Å². The molecule has 1 unspecified atom stereocenters. The van der Waals surface area contributed by atoms with Crippen LogP contribution in [0.15, 0.2) is 0 Å². The van der Waals surface area contributed by atoms with Gasteiger partial charge >= 0.3 is 6.09 Å². The van der Waals surface area contributed by atoms with Crippen LogP contribution >= 0.6 is 0 Å². The van der Waals surface area contributed by atoms with Crippen LogP contribution in [0.2, 0.25) is 0 Å². The maximum Gasteiger partial charge on any atom is 0.410 e. The number of carbonyl (C=O) groups excluding carboxylic acids is 1. The lowest BCUT2D eigenvalue weighted by Gasteiger charge is -2.34. The summed E-state index contributed by atoms with van der Waals surface area (Å²) in [5.74, 6) is 0.535. The number of hydrogen-bond acceptors (Lipinski definition) is 5. The van der Waals surface area contributed by atoms with Crippen LogP contribution in [0.5, 0.6) is 0 Å². The molecule has 0 saturated carbocycles. The second-order valence-electron chi connectivity index (χ2n) is 5.72. The van der Waals surface area contributed by atoms with Crippen molar-refractivity contribution in [2.24, 2.45) is 11.8 Å². The predicted octanol–water partition coefficient (Wildman–Crippen LogP) is 1.86. The van der Waals surface area contributed by atoms with Crippen molar-refractivity contribution in [2.75, 3.05) is 26.0 Å². The van der Waals surface area contributed by atoms with Crippen LogP contribution < -0.4 is 0 Å². The topological polar surface area (TPSA) is 72.9 Å². The van der Waals surface area contributed by atoms with E-state index in [1.165, 1.54) is 0 Å². The Bertz CT molecular complexity index is 412. The Kier molecular flexibility index (Phi) is 6.26. The van der Waals surface area contributed by atoms with E-state index in [0.717, 1.165) is 19.1 Å². The number of nitrogens with zero attached hydrogens (tertiary/aromatic N) is 1. The van der Waals surface area contributed by atoms with Gasteiger partial charge in [0.2, 0.25) is 0 Å². The molecule has 0 N–H and O–H groups in total. The maximum absolute atomic E-state index is 11.7. The molecule has 6 nitrogen and oxygen atoms in total. The predicted molar refractivity (Wildman–Crippen MR) is 75.9 cm³/mol. The van der Waals surface area contributed by atoms with Crippen molar-refractivity contribution in [1.82, 2.24) is 4.90 Å². The van der Waals surface area contributed by atoms with E-state index >= 15 is 0 Å². The fraction of sp³-hybridized carbons (Fsp3) is 0.923. The second kappa shape index (κ2) is 7.26. The van der Waals surface area contributed by atoms with Gasteiger partial charge in [-0.05, 0) is 38.5 Å². The van der Waals surface area contributed by atoms with E-state index in [-0.39, 0.29) is 24.7 Å². The first-order valence-corrected chi connectivity index (χ1v) is 8.80. The van der Waals surface area contributed by atoms with Crippen LogP contribution in [-0.4, -0.2) is 51.5 Å². The first-order valence-electron chi connectivity index (χ1n) is 6.99. The summed E-state index contributed by atoms with van der Waals surface area (Å²) < 4.78 is 31.9. The zero-order valence-electron chi connectivity index (χ0n) is 12.7. The molecule has 1 aliphatic heterocycles.